The molecule has 0 spiro atoms. The molecule has 10 heteroatoms. The van der Waals surface area contributed by atoms with Gasteiger partial charge in [-0.25, -0.2) is 9.78 Å². The van der Waals surface area contributed by atoms with Crippen LogP contribution in [0.15, 0.2) is 54.2 Å². The first kappa shape index (κ1) is 23.8. The summed E-state index contributed by atoms with van der Waals surface area (Å²) in [6.07, 6.45) is 2.55. The van der Waals surface area contributed by atoms with Crippen LogP contribution in [0.4, 0.5) is 21.9 Å². The zero-order chi connectivity index (χ0) is 25.0. The third-order valence-corrected chi connectivity index (χ3v) is 5.33. The number of pyridine rings is 1. The lowest BCUT2D eigenvalue weighted by Gasteiger charge is -2.21. The molecule has 0 aliphatic carbocycles. The zero-order valence-corrected chi connectivity index (χ0v) is 20.4. The van der Waals surface area contributed by atoms with Crippen LogP contribution in [-0.4, -0.2) is 28.8 Å². The molecule has 0 unspecified atom stereocenters. The minimum Gasteiger partial charge on any atom is -0.494 e. The van der Waals surface area contributed by atoms with E-state index in [0.717, 1.165) is 5.69 Å². The lowest BCUT2D eigenvalue weighted by molar-refractivity contribution is 0.0635. The van der Waals surface area contributed by atoms with Crippen LogP contribution in [0.5, 0.6) is 16.7 Å². The van der Waals surface area contributed by atoms with E-state index < -0.39 is 11.7 Å². The van der Waals surface area contributed by atoms with Gasteiger partial charge in [0, 0.05) is 34.9 Å². The van der Waals surface area contributed by atoms with Crippen molar-refractivity contribution in [1.29, 1.82) is 5.26 Å². The van der Waals surface area contributed by atoms with Crippen LogP contribution in [-0.2, 0) is 4.74 Å². The summed E-state index contributed by atoms with van der Waals surface area (Å²) in [7, 11) is 1.50. The number of hydrogen-bond acceptors (Lipinski definition) is 9. The lowest BCUT2D eigenvalue weighted by Crippen LogP contribution is -2.27. The van der Waals surface area contributed by atoms with Gasteiger partial charge in [-0.3, -0.25) is 10.3 Å². The van der Waals surface area contributed by atoms with Crippen LogP contribution in [0.3, 0.4) is 0 Å². The molecule has 0 radical (unpaired) electrons. The van der Waals surface area contributed by atoms with E-state index >= 15 is 0 Å². The number of methoxy groups -OCH3 is 1. The second-order valence-electron chi connectivity index (χ2n) is 8.40. The first-order valence-corrected chi connectivity index (χ1v) is 11.5. The number of fused-ring (bicyclic) bond motifs is 1. The Bertz CT molecular complexity index is 1390. The molecule has 2 N–H and O–H groups in total. The molecule has 178 valence electrons. The molecule has 2 aromatic heterocycles. The van der Waals surface area contributed by atoms with Gasteiger partial charge in [-0.2, -0.15) is 5.26 Å². The molecule has 0 saturated heterocycles. The van der Waals surface area contributed by atoms with Gasteiger partial charge in [0.15, 0.2) is 0 Å². The summed E-state index contributed by atoms with van der Waals surface area (Å²) in [5.41, 5.74) is 1.93. The Kier molecular flexibility index (Phi) is 6.71. The molecular weight excluding hydrogens is 466 g/mol. The largest absolute Gasteiger partial charge is 0.494 e. The van der Waals surface area contributed by atoms with Gasteiger partial charge in [-0.1, -0.05) is 11.3 Å². The van der Waals surface area contributed by atoms with Crippen molar-refractivity contribution in [2.75, 3.05) is 17.7 Å². The molecule has 0 saturated carbocycles. The van der Waals surface area contributed by atoms with E-state index in [1.54, 1.807) is 51.2 Å². The number of hydrogen-bond donors (Lipinski definition) is 2. The Balaban J connectivity index is 1.68. The van der Waals surface area contributed by atoms with Gasteiger partial charge >= 0.3 is 6.09 Å². The number of rotatable bonds is 6. The molecule has 0 aliphatic heterocycles. The molecule has 0 atom stereocenters. The van der Waals surface area contributed by atoms with Gasteiger partial charge in [-0.05, 0) is 51.1 Å². The second-order valence-corrected chi connectivity index (χ2v) is 9.26. The molecule has 4 aromatic rings. The molecule has 9 nitrogen and oxygen atoms in total. The minimum absolute atomic E-state index is 0.342. The molecule has 35 heavy (non-hydrogen) atoms. The van der Waals surface area contributed by atoms with Crippen LogP contribution in [0.25, 0.3) is 10.9 Å². The normalized spacial score (nSPS) is 10.9. The highest BCUT2D eigenvalue weighted by atomic mass is 32.1. The number of carbonyl (C=O) groups is 1. The predicted octanol–water partition coefficient (Wildman–Crippen LogP) is 6.45. The fraction of sp³-hybridized carbons (Fsp3) is 0.200. The number of aromatic nitrogens is 2. The van der Waals surface area contributed by atoms with Crippen LogP contribution in [0.2, 0.25) is 0 Å². The second kappa shape index (κ2) is 9.87. The quantitative estimate of drug-likeness (QED) is 0.317. The van der Waals surface area contributed by atoms with Gasteiger partial charge in [0.05, 0.1) is 29.6 Å². The fourth-order valence-corrected chi connectivity index (χ4v) is 3.74. The van der Waals surface area contributed by atoms with Gasteiger partial charge in [0.25, 0.3) is 5.19 Å². The Hall–Kier alpha value is -4.36. The topological polar surface area (TPSA) is 118 Å². The number of anilines is 3. The van der Waals surface area contributed by atoms with Crippen LogP contribution in [0.1, 0.15) is 26.3 Å². The molecule has 0 bridgehead atoms. The van der Waals surface area contributed by atoms with E-state index in [2.05, 4.69) is 26.7 Å². The number of nitriles is 1. The van der Waals surface area contributed by atoms with Gasteiger partial charge in [0.1, 0.15) is 23.2 Å². The maximum atomic E-state index is 12.4. The van der Waals surface area contributed by atoms with Crippen LogP contribution >= 0.6 is 11.3 Å². The number of nitrogens with zero attached hydrogens (tertiary/aromatic N) is 3. The first-order chi connectivity index (χ1) is 16.8. The van der Waals surface area contributed by atoms with E-state index in [-0.39, 0.29) is 0 Å². The van der Waals surface area contributed by atoms with Crippen molar-refractivity contribution in [1.82, 2.24) is 9.97 Å². The van der Waals surface area contributed by atoms with Crippen molar-refractivity contribution in [2.45, 2.75) is 26.4 Å². The molecule has 4 rings (SSSR count). The number of amides is 1. The maximum Gasteiger partial charge on any atom is 0.412 e. The monoisotopic (exact) mass is 489 g/mol. The van der Waals surface area contributed by atoms with E-state index in [4.69, 9.17) is 14.2 Å². The van der Waals surface area contributed by atoms with Crippen LogP contribution in [0, 0.1) is 11.3 Å². The standard InChI is InChI=1S/C25H23N5O4S/c1-25(2,3)34-23(31)30-20-11-18-19(12-21(20)32-4)28-14-15(13-26)22(18)29-16-5-7-17(8-6-16)33-24-27-9-10-35-24/h5-12,14H,1-4H3,(H,28,29)(H,30,31). The Morgan fingerprint density at radius 1 is 1.14 bits per heavy atom. The van der Waals surface area contributed by atoms with Gasteiger partial charge < -0.3 is 19.5 Å². The highest BCUT2D eigenvalue weighted by Gasteiger charge is 2.19. The number of ether oxygens (including phenoxy) is 3. The van der Waals surface area contributed by atoms with Gasteiger partial charge in [0.2, 0.25) is 0 Å². The van der Waals surface area contributed by atoms with E-state index in [9.17, 15) is 10.1 Å². The summed E-state index contributed by atoms with van der Waals surface area (Å²) >= 11 is 1.40. The molecular formula is C25H23N5O4S. The smallest absolute Gasteiger partial charge is 0.412 e. The third-order valence-electron chi connectivity index (χ3n) is 4.68. The molecule has 0 aliphatic rings. The van der Waals surface area contributed by atoms with Crippen molar-refractivity contribution in [3.05, 3.63) is 59.7 Å². The third kappa shape index (κ3) is 5.77. The highest BCUT2D eigenvalue weighted by Crippen LogP contribution is 2.36. The van der Waals surface area contributed by atoms with E-state index in [1.165, 1.54) is 24.6 Å². The predicted molar refractivity (Wildman–Crippen MR) is 135 cm³/mol. The van der Waals surface area contributed by atoms with Crippen molar-refractivity contribution in [2.24, 2.45) is 0 Å². The molecule has 2 aromatic carbocycles. The Morgan fingerprint density at radius 3 is 2.54 bits per heavy atom. The van der Waals surface area contributed by atoms with Crippen molar-refractivity contribution < 1.29 is 19.0 Å². The Morgan fingerprint density at radius 2 is 1.91 bits per heavy atom. The number of carbonyl (C=O) groups excluding carboxylic acids is 1. The maximum absolute atomic E-state index is 12.4. The molecule has 2 heterocycles. The summed E-state index contributed by atoms with van der Waals surface area (Å²) in [6.45, 7) is 5.34. The lowest BCUT2D eigenvalue weighted by atomic mass is 10.1. The average Bonchev–Trinajstić information content (AvgIpc) is 3.32. The zero-order valence-electron chi connectivity index (χ0n) is 19.6. The number of nitrogens with one attached hydrogen (secondary N) is 2. The summed E-state index contributed by atoms with van der Waals surface area (Å²) in [5.74, 6) is 1.05. The van der Waals surface area contributed by atoms with Crippen LogP contribution < -0.4 is 20.1 Å². The number of thiazole rings is 1. The highest BCUT2D eigenvalue weighted by molar-refractivity contribution is 7.11. The van der Waals surface area contributed by atoms with Gasteiger partial charge in [-0.15, -0.1) is 0 Å². The fourth-order valence-electron chi connectivity index (χ4n) is 3.23. The summed E-state index contributed by atoms with van der Waals surface area (Å²) in [4.78, 5) is 20.9. The number of benzene rings is 2. The Labute approximate surface area is 206 Å². The minimum atomic E-state index is -0.661. The van der Waals surface area contributed by atoms with Crippen molar-refractivity contribution >= 4 is 45.4 Å². The van der Waals surface area contributed by atoms with E-state index in [1.807, 2.05) is 17.5 Å². The SMILES string of the molecule is COc1cc2ncc(C#N)c(Nc3ccc(Oc4nccs4)cc3)c2cc1NC(=O)OC(C)(C)C. The van der Waals surface area contributed by atoms with Crippen molar-refractivity contribution in [3.8, 4) is 22.8 Å². The van der Waals surface area contributed by atoms with E-state index in [0.29, 0.717) is 44.5 Å². The van der Waals surface area contributed by atoms with Crippen molar-refractivity contribution in [3.63, 3.8) is 0 Å². The summed E-state index contributed by atoms with van der Waals surface area (Å²) in [6, 6.07) is 12.8. The summed E-state index contributed by atoms with van der Waals surface area (Å²) < 4.78 is 16.5. The molecule has 0 fully saturated rings. The summed E-state index contributed by atoms with van der Waals surface area (Å²) in [5, 5.41) is 18.7. The molecule has 1 amide bonds. The first-order valence-electron chi connectivity index (χ1n) is 10.6. The average molecular weight is 490 g/mol.